The maximum absolute atomic E-state index is 5.28. The normalized spacial score (nSPS) is 16.9. The van der Waals surface area contributed by atoms with Gasteiger partial charge in [-0.3, -0.25) is 0 Å². The van der Waals surface area contributed by atoms with Gasteiger partial charge >= 0.3 is 0 Å². The second-order valence-electron chi connectivity index (χ2n) is 5.38. The summed E-state index contributed by atoms with van der Waals surface area (Å²) in [6.45, 7) is 2.16. The van der Waals surface area contributed by atoms with Crippen LogP contribution in [0.3, 0.4) is 0 Å². The Bertz CT molecular complexity index is 451. The van der Waals surface area contributed by atoms with E-state index in [1.54, 1.807) is 12.7 Å². The summed E-state index contributed by atoms with van der Waals surface area (Å²) >= 11 is 0. The van der Waals surface area contributed by atoms with Crippen molar-refractivity contribution in [3.8, 4) is 5.75 Å². The molecule has 0 aromatic heterocycles. The zero-order valence-corrected chi connectivity index (χ0v) is 12.3. The summed E-state index contributed by atoms with van der Waals surface area (Å²) in [5.74, 6) is 0.938. The average molecular weight is 259 g/mol. The van der Waals surface area contributed by atoms with Gasteiger partial charge in [0.15, 0.2) is 0 Å². The van der Waals surface area contributed by atoms with Crippen LogP contribution in [0.25, 0.3) is 0 Å². The Morgan fingerprint density at radius 2 is 2.16 bits per heavy atom. The van der Waals surface area contributed by atoms with Gasteiger partial charge in [0.1, 0.15) is 5.75 Å². The summed E-state index contributed by atoms with van der Waals surface area (Å²) < 4.78 is 5.28. The standard InChI is InChI=1S/C17H25NO/c1-13-11-15(19-3)9-10-16(13)17(18-2)12-14-7-5-4-6-8-14/h7,9-11,17-18H,4-6,8,12H2,1-3H3. The van der Waals surface area contributed by atoms with E-state index >= 15 is 0 Å². The van der Waals surface area contributed by atoms with Crippen LogP contribution in [0.2, 0.25) is 0 Å². The molecule has 0 aliphatic heterocycles. The molecule has 2 nitrogen and oxygen atoms in total. The zero-order valence-electron chi connectivity index (χ0n) is 12.3. The van der Waals surface area contributed by atoms with Crippen LogP contribution in [0.1, 0.15) is 49.3 Å². The monoisotopic (exact) mass is 259 g/mol. The molecule has 0 bridgehead atoms. The number of aryl methyl sites for hydroxylation is 1. The van der Waals surface area contributed by atoms with Crippen LogP contribution in [0.4, 0.5) is 0 Å². The average Bonchev–Trinajstić information content (AvgIpc) is 2.46. The number of ether oxygens (including phenoxy) is 1. The van der Waals surface area contributed by atoms with E-state index in [1.807, 2.05) is 0 Å². The summed E-state index contributed by atoms with van der Waals surface area (Å²) in [4.78, 5) is 0. The van der Waals surface area contributed by atoms with Crippen LogP contribution in [-0.4, -0.2) is 14.2 Å². The van der Waals surface area contributed by atoms with Crippen molar-refractivity contribution >= 4 is 0 Å². The fourth-order valence-corrected chi connectivity index (χ4v) is 2.89. The second-order valence-corrected chi connectivity index (χ2v) is 5.38. The van der Waals surface area contributed by atoms with Crippen LogP contribution in [0.15, 0.2) is 29.8 Å². The lowest BCUT2D eigenvalue weighted by Gasteiger charge is -2.22. The molecule has 19 heavy (non-hydrogen) atoms. The largest absolute Gasteiger partial charge is 0.497 e. The molecule has 1 aliphatic rings. The van der Waals surface area contributed by atoms with E-state index in [4.69, 9.17) is 4.74 Å². The topological polar surface area (TPSA) is 21.3 Å². The molecule has 1 aromatic rings. The van der Waals surface area contributed by atoms with Gasteiger partial charge in [-0.05, 0) is 69.3 Å². The highest BCUT2D eigenvalue weighted by atomic mass is 16.5. The molecule has 0 amide bonds. The SMILES string of the molecule is CNC(CC1=CCCCC1)c1ccc(OC)cc1C. The lowest BCUT2D eigenvalue weighted by Crippen LogP contribution is -2.18. The summed E-state index contributed by atoms with van der Waals surface area (Å²) in [6.07, 6.45) is 8.80. The molecule has 0 fully saturated rings. The van der Waals surface area contributed by atoms with Crippen molar-refractivity contribution in [3.05, 3.63) is 41.0 Å². The molecule has 1 N–H and O–H groups in total. The Morgan fingerprint density at radius 3 is 2.74 bits per heavy atom. The van der Waals surface area contributed by atoms with Crippen molar-refractivity contribution in [1.82, 2.24) is 5.32 Å². The first-order valence-electron chi connectivity index (χ1n) is 7.24. The Hall–Kier alpha value is -1.28. The van der Waals surface area contributed by atoms with Crippen molar-refractivity contribution in [2.75, 3.05) is 14.2 Å². The van der Waals surface area contributed by atoms with E-state index in [-0.39, 0.29) is 0 Å². The highest BCUT2D eigenvalue weighted by Gasteiger charge is 2.15. The number of allylic oxidation sites excluding steroid dienone is 1. The molecule has 0 radical (unpaired) electrons. The summed E-state index contributed by atoms with van der Waals surface area (Å²) in [5.41, 5.74) is 4.30. The molecule has 0 heterocycles. The minimum Gasteiger partial charge on any atom is -0.497 e. The third kappa shape index (κ3) is 3.60. The number of hydrogen-bond donors (Lipinski definition) is 1. The van der Waals surface area contributed by atoms with Gasteiger partial charge in [0.05, 0.1) is 7.11 Å². The van der Waals surface area contributed by atoms with Gasteiger partial charge in [-0.15, -0.1) is 0 Å². The maximum atomic E-state index is 5.28. The van der Waals surface area contributed by atoms with Crippen LogP contribution in [0.5, 0.6) is 5.75 Å². The molecule has 0 saturated heterocycles. The fourth-order valence-electron chi connectivity index (χ4n) is 2.89. The van der Waals surface area contributed by atoms with Crippen LogP contribution in [0, 0.1) is 6.92 Å². The van der Waals surface area contributed by atoms with Crippen molar-refractivity contribution in [2.45, 2.75) is 45.1 Å². The molecule has 0 saturated carbocycles. The van der Waals surface area contributed by atoms with E-state index in [1.165, 1.54) is 36.8 Å². The number of hydrogen-bond acceptors (Lipinski definition) is 2. The fraction of sp³-hybridized carbons (Fsp3) is 0.529. The Kier molecular flexibility index (Phi) is 5.03. The van der Waals surface area contributed by atoms with Gasteiger partial charge in [0.2, 0.25) is 0 Å². The van der Waals surface area contributed by atoms with Crippen LogP contribution < -0.4 is 10.1 Å². The van der Waals surface area contributed by atoms with Crippen molar-refractivity contribution in [3.63, 3.8) is 0 Å². The molecule has 1 unspecified atom stereocenters. The Morgan fingerprint density at radius 1 is 1.32 bits per heavy atom. The van der Waals surface area contributed by atoms with E-state index in [2.05, 4.69) is 43.6 Å². The number of methoxy groups -OCH3 is 1. The minimum atomic E-state index is 0.412. The first-order chi connectivity index (χ1) is 9.24. The predicted octanol–water partition coefficient (Wildman–Crippen LogP) is 4.15. The van der Waals surface area contributed by atoms with Gasteiger partial charge in [-0.1, -0.05) is 17.7 Å². The van der Waals surface area contributed by atoms with Crippen LogP contribution in [-0.2, 0) is 0 Å². The van der Waals surface area contributed by atoms with Crippen molar-refractivity contribution < 1.29 is 4.74 Å². The molecule has 2 heteroatoms. The van der Waals surface area contributed by atoms with E-state index in [0.29, 0.717) is 6.04 Å². The summed E-state index contributed by atoms with van der Waals surface area (Å²) in [6, 6.07) is 6.78. The first-order valence-corrected chi connectivity index (χ1v) is 7.24. The number of nitrogens with one attached hydrogen (secondary N) is 1. The predicted molar refractivity (Wildman–Crippen MR) is 80.7 cm³/mol. The molecule has 104 valence electrons. The van der Waals surface area contributed by atoms with Gasteiger partial charge in [0.25, 0.3) is 0 Å². The van der Waals surface area contributed by atoms with E-state index in [0.717, 1.165) is 12.2 Å². The Labute approximate surface area is 116 Å². The van der Waals surface area contributed by atoms with E-state index in [9.17, 15) is 0 Å². The van der Waals surface area contributed by atoms with Crippen molar-refractivity contribution in [1.29, 1.82) is 0 Å². The van der Waals surface area contributed by atoms with Crippen molar-refractivity contribution in [2.24, 2.45) is 0 Å². The molecular formula is C17H25NO. The van der Waals surface area contributed by atoms with Gasteiger partial charge < -0.3 is 10.1 Å². The third-order valence-electron chi connectivity index (χ3n) is 4.05. The molecule has 0 spiro atoms. The van der Waals surface area contributed by atoms with Gasteiger partial charge in [-0.25, -0.2) is 0 Å². The molecule has 1 aromatic carbocycles. The summed E-state index contributed by atoms with van der Waals surface area (Å²) in [5, 5.41) is 3.46. The Balaban J connectivity index is 2.14. The number of benzene rings is 1. The first kappa shape index (κ1) is 14.1. The molecular weight excluding hydrogens is 234 g/mol. The van der Waals surface area contributed by atoms with Gasteiger partial charge in [-0.2, -0.15) is 0 Å². The molecule has 1 atom stereocenters. The lowest BCUT2D eigenvalue weighted by molar-refractivity contribution is 0.414. The molecule has 2 rings (SSSR count). The highest BCUT2D eigenvalue weighted by molar-refractivity contribution is 5.37. The van der Waals surface area contributed by atoms with E-state index < -0.39 is 0 Å². The third-order valence-corrected chi connectivity index (χ3v) is 4.05. The van der Waals surface area contributed by atoms with Gasteiger partial charge in [0, 0.05) is 6.04 Å². The number of rotatable bonds is 5. The maximum Gasteiger partial charge on any atom is 0.119 e. The quantitative estimate of drug-likeness (QED) is 0.802. The second kappa shape index (κ2) is 6.76. The smallest absolute Gasteiger partial charge is 0.119 e. The lowest BCUT2D eigenvalue weighted by atomic mass is 9.90. The highest BCUT2D eigenvalue weighted by Crippen LogP contribution is 2.30. The summed E-state index contributed by atoms with van der Waals surface area (Å²) in [7, 11) is 3.77. The zero-order chi connectivity index (χ0) is 13.7. The molecule has 1 aliphatic carbocycles. The minimum absolute atomic E-state index is 0.412. The van der Waals surface area contributed by atoms with Crippen LogP contribution >= 0.6 is 0 Å².